The quantitative estimate of drug-likeness (QED) is 0.737. The number of nitrogens with one attached hydrogen (secondary N) is 2. The first-order valence-electron chi connectivity index (χ1n) is 5.84. The highest BCUT2D eigenvalue weighted by atomic mass is 32.2. The maximum Gasteiger partial charge on any atom is 0.252 e. The molecule has 0 radical (unpaired) electrons. The molecule has 6 nitrogen and oxygen atoms in total. The molecule has 0 atom stereocenters. The van der Waals surface area contributed by atoms with Crippen LogP contribution in [0, 0.1) is 6.92 Å². The van der Waals surface area contributed by atoms with Crippen LogP contribution in [0.1, 0.15) is 23.1 Å². The highest BCUT2D eigenvalue weighted by molar-refractivity contribution is 7.99. The Morgan fingerprint density at radius 3 is 2.95 bits per heavy atom. The molecule has 0 unspecified atom stereocenters. The largest absolute Gasteiger partial charge is 0.399 e. The van der Waals surface area contributed by atoms with E-state index in [0.29, 0.717) is 23.0 Å². The van der Waals surface area contributed by atoms with E-state index in [4.69, 9.17) is 5.73 Å². The second kappa shape index (κ2) is 5.75. The number of hydrogen-bond acceptors (Lipinski definition) is 5. The SMILES string of the molecule is CCNC(=O)c1ccc(N)cc1Sc1n[nH]c(C)n1. The minimum absolute atomic E-state index is 0.128. The van der Waals surface area contributed by atoms with Crippen LogP contribution in [-0.4, -0.2) is 27.6 Å². The summed E-state index contributed by atoms with van der Waals surface area (Å²) in [6.45, 7) is 4.27. The van der Waals surface area contributed by atoms with E-state index in [1.807, 2.05) is 13.8 Å². The number of nitrogen functional groups attached to an aromatic ring is 1. The van der Waals surface area contributed by atoms with Crippen molar-refractivity contribution in [3.63, 3.8) is 0 Å². The summed E-state index contributed by atoms with van der Waals surface area (Å²) in [4.78, 5) is 16.9. The number of amides is 1. The molecule has 0 saturated heterocycles. The van der Waals surface area contributed by atoms with Crippen LogP contribution in [0.2, 0.25) is 0 Å². The summed E-state index contributed by atoms with van der Waals surface area (Å²) in [6.07, 6.45) is 0. The molecule has 0 fully saturated rings. The predicted molar refractivity (Wildman–Crippen MR) is 74.1 cm³/mol. The summed E-state index contributed by atoms with van der Waals surface area (Å²) in [6, 6.07) is 5.17. The van der Waals surface area contributed by atoms with Gasteiger partial charge in [-0.25, -0.2) is 4.98 Å². The number of benzene rings is 1. The summed E-state index contributed by atoms with van der Waals surface area (Å²) in [5, 5.41) is 10.1. The van der Waals surface area contributed by atoms with E-state index in [-0.39, 0.29) is 5.91 Å². The van der Waals surface area contributed by atoms with Gasteiger partial charge in [-0.15, -0.1) is 5.10 Å². The van der Waals surface area contributed by atoms with Crippen LogP contribution in [-0.2, 0) is 0 Å². The second-order valence-electron chi connectivity index (χ2n) is 3.92. The molecule has 100 valence electrons. The van der Waals surface area contributed by atoms with Gasteiger partial charge in [-0.05, 0) is 43.8 Å². The lowest BCUT2D eigenvalue weighted by molar-refractivity contribution is 0.0953. The van der Waals surface area contributed by atoms with Gasteiger partial charge in [0.2, 0.25) is 5.16 Å². The number of H-pyrrole nitrogens is 1. The van der Waals surface area contributed by atoms with Crippen LogP contribution >= 0.6 is 11.8 Å². The van der Waals surface area contributed by atoms with E-state index >= 15 is 0 Å². The van der Waals surface area contributed by atoms with Crippen LogP contribution in [0.4, 0.5) is 5.69 Å². The van der Waals surface area contributed by atoms with Crippen LogP contribution in [0.5, 0.6) is 0 Å². The molecule has 1 aromatic carbocycles. The molecule has 7 heteroatoms. The topological polar surface area (TPSA) is 96.7 Å². The van der Waals surface area contributed by atoms with Crippen molar-refractivity contribution >= 4 is 23.4 Å². The molecular weight excluding hydrogens is 262 g/mol. The minimum atomic E-state index is -0.128. The van der Waals surface area contributed by atoms with E-state index in [1.165, 1.54) is 11.8 Å². The maximum absolute atomic E-state index is 12.0. The summed E-state index contributed by atoms with van der Waals surface area (Å²) in [5.41, 5.74) is 6.94. The zero-order valence-electron chi connectivity index (χ0n) is 10.7. The van der Waals surface area contributed by atoms with Crippen molar-refractivity contribution in [2.45, 2.75) is 23.9 Å². The summed E-state index contributed by atoms with van der Waals surface area (Å²) < 4.78 is 0. The van der Waals surface area contributed by atoms with Gasteiger partial charge < -0.3 is 11.1 Å². The van der Waals surface area contributed by atoms with Crippen molar-refractivity contribution in [2.75, 3.05) is 12.3 Å². The van der Waals surface area contributed by atoms with Crippen molar-refractivity contribution in [3.05, 3.63) is 29.6 Å². The van der Waals surface area contributed by atoms with Crippen molar-refractivity contribution in [1.82, 2.24) is 20.5 Å². The normalized spacial score (nSPS) is 10.4. The van der Waals surface area contributed by atoms with Crippen molar-refractivity contribution in [1.29, 1.82) is 0 Å². The van der Waals surface area contributed by atoms with Gasteiger partial charge >= 0.3 is 0 Å². The number of nitrogens with two attached hydrogens (primary N) is 1. The molecule has 0 aliphatic carbocycles. The Morgan fingerprint density at radius 2 is 2.32 bits per heavy atom. The molecule has 2 aromatic rings. The number of hydrogen-bond donors (Lipinski definition) is 3. The first-order chi connectivity index (χ1) is 9.10. The Labute approximate surface area is 115 Å². The number of anilines is 1. The number of carbonyl (C=O) groups excluding carboxylic acids is 1. The molecule has 19 heavy (non-hydrogen) atoms. The maximum atomic E-state index is 12.0. The van der Waals surface area contributed by atoms with Gasteiger partial charge in [0.25, 0.3) is 5.91 Å². The second-order valence-corrected chi connectivity index (χ2v) is 4.93. The van der Waals surface area contributed by atoms with Crippen LogP contribution < -0.4 is 11.1 Å². The molecule has 1 amide bonds. The lowest BCUT2D eigenvalue weighted by atomic mass is 10.2. The minimum Gasteiger partial charge on any atom is -0.399 e. The Balaban J connectivity index is 2.31. The summed E-state index contributed by atoms with van der Waals surface area (Å²) in [7, 11) is 0. The third-order valence-electron chi connectivity index (χ3n) is 2.37. The average Bonchev–Trinajstić information content (AvgIpc) is 2.75. The number of carbonyl (C=O) groups is 1. The van der Waals surface area contributed by atoms with Crippen LogP contribution in [0.3, 0.4) is 0 Å². The number of nitrogens with zero attached hydrogens (tertiary/aromatic N) is 2. The van der Waals surface area contributed by atoms with Crippen molar-refractivity contribution in [3.8, 4) is 0 Å². The summed E-state index contributed by atoms with van der Waals surface area (Å²) in [5.74, 6) is 0.600. The molecule has 2 rings (SSSR count). The first-order valence-corrected chi connectivity index (χ1v) is 6.66. The molecule has 0 saturated carbocycles. The molecule has 1 heterocycles. The molecular formula is C12H15N5OS. The lowest BCUT2D eigenvalue weighted by Gasteiger charge is -2.08. The average molecular weight is 277 g/mol. The van der Waals surface area contributed by atoms with E-state index in [9.17, 15) is 4.79 Å². The van der Waals surface area contributed by atoms with Crippen molar-refractivity contribution in [2.24, 2.45) is 0 Å². The molecule has 0 bridgehead atoms. The highest BCUT2D eigenvalue weighted by Crippen LogP contribution is 2.29. The molecule has 0 spiro atoms. The molecule has 0 aliphatic rings. The fourth-order valence-corrected chi connectivity index (χ4v) is 2.47. The zero-order valence-corrected chi connectivity index (χ0v) is 11.5. The standard InChI is InChI=1S/C12H15N5OS/c1-3-14-11(18)9-5-4-8(13)6-10(9)19-12-15-7(2)16-17-12/h4-6H,3,13H2,1-2H3,(H,14,18)(H,15,16,17). The van der Waals surface area contributed by atoms with Gasteiger partial charge in [-0.3, -0.25) is 9.89 Å². The predicted octanol–water partition coefficient (Wildman–Crippen LogP) is 1.60. The third-order valence-corrected chi connectivity index (χ3v) is 3.29. The van der Waals surface area contributed by atoms with E-state index in [0.717, 1.165) is 10.7 Å². The van der Waals surface area contributed by atoms with E-state index in [2.05, 4.69) is 20.5 Å². The van der Waals surface area contributed by atoms with Gasteiger partial charge in [0.1, 0.15) is 5.82 Å². The number of aromatic nitrogens is 3. The molecule has 1 aromatic heterocycles. The summed E-state index contributed by atoms with van der Waals surface area (Å²) >= 11 is 1.31. The number of rotatable bonds is 4. The molecule has 4 N–H and O–H groups in total. The van der Waals surface area contributed by atoms with Gasteiger partial charge in [0.15, 0.2) is 0 Å². The first kappa shape index (κ1) is 13.4. The zero-order chi connectivity index (χ0) is 13.8. The van der Waals surface area contributed by atoms with Crippen LogP contribution in [0.25, 0.3) is 0 Å². The van der Waals surface area contributed by atoms with Crippen LogP contribution in [0.15, 0.2) is 28.3 Å². The monoisotopic (exact) mass is 277 g/mol. The Kier molecular flexibility index (Phi) is 4.06. The Morgan fingerprint density at radius 1 is 1.53 bits per heavy atom. The number of aromatic amines is 1. The van der Waals surface area contributed by atoms with Crippen molar-refractivity contribution < 1.29 is 4.79 Å². The fourth-order valence-electron chi connectivity index (χ4n) is 1.53. The Bertz CT molecular complexity index is 596. The number of aryl methyl sites for hydroxylation is 1. The van der Waals surface area contributed by atoms with E-state index < -0.39 is 0 Å². The lowest BCUT2D eigenvalue weighted by Crippen LogP contribution is -2.23. The Hall–Kier alpha value is -2.02. The van der Waals surface area contributed by atoms with Gasteiger partial charge in [-0.1, -0.05) is 0 Å². The van der Waals surface area contributed by atoms with Gasteiger partial charge in [0.05, 0.1) is 5.56 Å². The van der Waals surface area contributed by atoms with E-state index in [1.54, 1.807) is 18.2 Å². The highest BCUT2D eigenvalue weighted by Gasteiger charge is 2.14. The third kappa shape index (κ3) is 3.25. The van der Waals surface area contributed by atoms with Gasteiger partial charge in [-0.2, -0.15) is 0 Å². The smallest absolute Gasteiger partial charge is 0.252 e. The molecule has 0 aliphatic heterocycles. The fraction of sp³-hybridized carbons (Fsp3) is 0.250. The van der Waals surface area contributed by atoms with Gasteiger partial charge in [0, 0.05) is 17.1 Å².